The highest BCUT2D eigenvalue weighted by atomic mass is 19.4. The number of hydrogen-bond donors (Lipinski definition) is 2. The second-order valence-corrected chi connectivity index (χ2v) is 4.92. The standard InChI is InChI=1S/C15H11F9N2/c16-13(17,18)4-1-8-7-9(2-5-14(19,20)21)12(26)10(11(8)25)3-6-15(22,23)24/h1-7H,25-26H2/b4-1+,5-2+,6-3+. The molecular weight excluding hydrogens is 379 g/mol. The molecule has 0 amide bonds. The van der Waals surface area contributed by atoms with Crippen LogP contribution < -0.4 is 11.5 Å². The van der Waals surface area contributed by atoms with E-state index in [-0.39, 0.29) is 18.2 Å². The third kappa shape index (κ3) is 7.11. The van der Waals surface area contributed by atoms with E-state index < -0.39 is 46.6 Å². The first kappa shape index (κ1) is 21.5. The lowest BCUT2D eigenvalue weighted by atomic mass is 9.98. The molecule has 0 fully saturated rings. The highest BCUT2D eigenvalue weighted by molar-refractivity contribution is 5.87. The van der Waals surface area contributed by atoms with Crippen molar-refractivity contribution in [2.24, 2.45) is 0 Å². The maximum atomic E-state index is 12.3. The predicted octanol–water partition coefficient (Wildman–Crippen LogP) is 5.58. The van der Waals surface area contributed by atoms with Crippen LogP contribution in [-0.2, 0) is 0 Å². The zero-order chi connectivity index (χ0) is 20.3. The topological polar surface area (TPSA) is 52.0 Å². The number of allylic oxidation sites excluding steroid dienone is 3. The molecule has 1 rings (SSSR count). The average molecular weight is 390 g/mol. The van der Waals surface area contributed by atoms with Crippen LogP contribution in [0.25, 0.3) is 18.2 Å². The van der Waals surface area contributed by atoms with Crippen LogP contribution in [0.1, 0.15) is 16.7 Å². The van der Waals surface area contributed by atoms with E-state index in [9.17, 15) is 39.5 Å². The van der Waals surface area contributed by atoms with E-state index in [1.54, 1.807) is 0 Å². The summed E-state index contributed by atoms with van der Waals surface area (Å²) >= 11 is 0. The van der Waals surface area contributed by atoms with Gasteiger partial charge in [-0.15, -0.1) is 0 Å². The third-order valence-electron chi connectivity index (χ3n) is 2.86. The number of anilines is 2. The fraction of sp³-hybridized carbons (Fsp3) is 0.200. The molecule has 0 aliphatic carbocycles. The molecule has 4 N–H and O–H groups in total. The second-order valence-electron chi connectivity index (χ2n) is 4.92. The van der Waals surface area contributed by atoms with Gasteiger partial charge in [-0.3, -0.25) is 0 Å². The molecular formula is C15H11F9N2. The first-order valence-electron chi connectivity index (χ1n) is 6.59. The number of rotatable bonds is 3. The molecule has 0 bridgehead atoms. The highest BCUT2D eigenvalue weighted by Crippen LogP contribution is 2.34. The molecule has 26 heavy (non-hydrogen) atoms. The number of benzene rings is 1. The summed E-state index contributed by atoms with van der Waals surface area (Å²) < 4.78 is 111. The molecule has 11 heteroatoms. The van der Waals surface area contributed by atoms with Gasteiger partial charge in [0.25, 0.3) is 0 Å². The molecule has 0 radical (unpaired) electrons. The Morgan fingerprint density at radius 2 is 0.885 bits per heavy atom. The lowest BCUT2D eigenvalue weighted by Crippen LogP contribution is -2.06. The van der Waals surface area contributed by atoms with Gasteiger partial charge in [0.05, 0.1) is 0 Å². The molecule has 0 saturated carbocycles. The number of hydrogen-bond acceptors (Lipinski definition) is 2. The van der Waals surface area contributed by atoms with E-state index in [1.807, 2.05) is 0 Å². The molecule has 2 nitrogen and oxygen atoms in total. The molecule has 0 heterocycles. The summed E-state index contributed by atoms with van der Waals surface area (Å²) in [5, 5.41) is 0. The molecule has 0 aromatic heterocycles. The van der Waals surface area contributed by atoms with Gasteiger partial charge >= 0.3 is 18.5 Å². The normalized spacial score (nSPS) is 14.2. The van der Waals surface area contributed by atoms with Gasteiger partial charge in [0.2, 0.25) is 0 Å². The van der Waals surface area contributed by atoms with Gasteiger partial charge in [0.15, 0.2) is 0 Å². The number of halogens is 9. The summed E-state index contributed by atoms with van der Waals surface area (Å²) in [6.07, 6.45) is -13.9. The zero-order valence-corrected chi connectivity index (χ0v) is 12.6. The van der Waals surface area contributed by atoms with Crippen molar-refractivity contribution in [3.8, 4) is 0 Å². The van der Waals surface area contributed by atoms with E-state index in [4.69, 9.17) is 11.5 Å². The molecule has 0 aliphatic heterocycles. The number of nitrogen functional groups attached to an aromatic ring is 2. The second kappa shape index (κ2) is 7.34. The van der Waals surface area contributed by atoms with Gasteiger partial charge in [-0.2, -0.15) is 39.5 Å². The smallest absolute Gasteiger partial charge is 0.398 e. The zero-order valence-electron chi connectivity index (χ0n) is 12.6. The van der Waals surface area contributed by atoms with Gasteiger partial charge in [-0.1, -0.05) is 0 Å². The van der Waals surface area contributed by atoms with Gasteiger partial charge in [0.1, 0.15) is 0 Å². The molecule has 0 unspecified atom stereocenters. The fourth-order valence-corrected chi connectivity index (χ4v) is 1.78. The quantitative estimate of drug-likeness (QED) is 0.523. The minimum atomic E-state index is -4.79. The highest BCUT2D eigenvalue weighted by Gasteiger charge is 2.25. The van der Waals surface area contributed by atoms with Crippen LogP contribution >= 0.6 is 0 Å². The fourth-order valence-electron chi connectivity index (χ4n) is 1.78. The summed E-state index contributed by atoms with van der Waals surface area (Å²) in [6, 6.07) is 0.806. The summed E-state index contributed by atoms with van der Waals surface area (Å²) in [6.45, 7) is 0. The number of nitrogens with two attached hydrogens (primary N) is 2. The Kier molecular flexibility index (Phi) is 6.06. The van der Waals surface area contributed by atoms with E-state index in [0.717, 1.165) is 6.07 Å². The summed E-state index contributed by atoms with van der Waals surface area (Å²) in [7, 11) is 0. The maximum absolute atomic E-state index is 12.3. The van der Waals surface area contributed by atoms with Crippen molar-refractivity contribution < 1.29 is 39.5 Å². The van der Waals surface area contributed by atoms with Crippen LogP contribution in [0.4, 0.5) is 50.9 Å². The van der Waals surface area contributed by atoms with Gasteiger partial charge in [0, 0.05) is 35.2 Å². The largest absolute Gasteiger partial charge is 0.409 e. The first-order chi connectivity index (χ1) is 11.6. The average Bonchev–Trinajstić information content (AvgIpc) is 2.42. The number of alkyl halides is 9. The Labute approximate surface area is 141 Å². The van der Waals surface area contributed by atoms with Crippen LogP contribution in [-0.4, -0.2) is 18.5 Å². The van der Waals surface area contributed by atoms with Gasteiger partial charge in [-0.05, 0) is 35.4 Å². The van der Waals surface area contributed by atoms with Crippen LogP contribution in [0.15, 0.2) is 24.3 Å². The Balaban J connectivity index is 3.59. The molecule has 0 spiro atoms. The minimum Gasteiger partial charge on any atom is -0.398 e. The van der Waals surface area contributed by atoms with Crippen molar-refractivity contribution in [3.63, 3.8) is 0 Å². The molecule has 1 aromatic rings. The predicted molar refractivity (Wildman–Crippen MR) is 80.5 cm³/mol. The Morgan fingerprint density at radius 1 is 0.577 bits per heavy atom. The minimum absolute atomic E-state index is 0.261. The molecule has 0 saturated heterocycles. The first-order valence-corrected chi connectivity index (χ1v) is 6.59. The Hall–Kier alpha value is -2.59. The van der Waals surface area contributed by atoms with Crippen LogP contribution in [0.3, 0.4) is 0 Å². The lowest BCUT2D eigenvalue weighted by Gasteiger charge is -2.13. The Morgan fingerprint density at radius 3 is 1.19 bits per heavy atom. The summed E-state index contributed by atoms with van der Waals surface area (Å²) in [5.41, 5.74) is 8.53. The molecule has 0 atom stereocenters. The molecule has 1 aromatic carbocycles. The Bertz CT molecular complexity index is 687. The molecule has 0 aliphatic rings. The summed E-state index contributed by atoms with van der Waals surface area (Å²) in [5.74, 6) is 0. The monoisotopic (exact) mass is 390 g/mol. The van der Waals surface area contributed by atoms with E-state index >= 15 is 0 Å². The molecule has 144 valence electrons. The third-order valence-corrected chi connectivity index (χ3v) is 2.86. The van der Waals surface area contributed by atoms with Crippen molar-refractivity contribution >= 4 is 29.6 Å². The van der Waals surface area contributed by atoms with Crippen molar-refractivity contribution in [2.45, 2.75) is 18.5 Å². The van der Waals surface area contributed by atoms with Crippen molar-refractivity contribution in [1.29, 1.82) is 0 Å². The lowest BCUT2D eigenvalue weighted by molar-refractivity contribution is -0.0800. The SMILES string of the molecule is Nc1c(/C=C/C(F)(F)F)cc(/C=C/C(F)(F)F)c(N)c1/C=C/C(F)(F)F. The summed E-state index contributed by atoms with van der Waals surface area (Å²) in [4.78, 5) is 0. The van der Waals surface area contributed by atoms with Gasteiger partial charge < -0.3 is 11.5 Å². The van der Waals surface area contributed by atoms with E-state index in [0.29, 0.717) is 18.2 Å². The van der Waals surface area contributed by atoms with Gasteiger partial charge in [-0.25, -0.2) is 0 Å². The maximum Gasteiger partial charge on any atom is 0.409 e. The van der Waals surface area contributed by atoms with Crippen LogP contribution in [0.5, 0.6) is 0 Å². The van der Waals surface area contributed by atoms with Crippen molar-refractivity contribution in [2.75, 3.05) is 11.5 Å². The van der Waals surface area contributed by atoms with Crippen LogP contribution in [0.2, 0.25) is 0 Å². The van der Waals surface area contributed by atoms with E-state index in [1.165, 1.54) is 0 Å². The van der Waals surface area contributed by atoms with Crippen LogP contribution in [0, 0.1) is 0 Å². The van der Waals surface area contributed by atoms with Crippen molar-refractivity contribution in [1.82, 2.24) is 0 Å². The van der Waals surface area contributed by atoms with Crippen molar-refractivity contribution in [3.05, 3.63) is 41.0 Å². The van der Waals surface area contributed by atoms with E-state index in [2.05, 4.69) is 0 Å².